The molecule has 1 fully saturated rings. The van der Waals surface area contributed by atoms with Gasteiger partial charge in [0, 0.05) is 22.1 Å². The summed E-state index contributed by atoms with van der Waals surface area (Å²) in [4.78, 5) is 24.9. The average Bonchev–Trinajstić information content (AvgIpc) is 2.50. The lowest BCUT2D eigenvalue weighted by Gasteiger charge is -2.27. The van der Waals surface area contributed by atoms with Crippen LogP contribution in [0.5, 0.6) is 0 Å². The molecule has 1 heterocycles. The number of likely N-dealkylation sites (tertiary alicyclic amines) is 1. The SMILES string of the molecule is COC(=O)C1CC[NH+](CC(=O)Nc2ccc(I)cc2C)CC1. The number of quaternary nitrogens is 1. The Hall–Kier alpha value is -1.15. The predicted molar refractivity (Wildman–Crippen MR) is 92.8 cm³/mol. The Kier molecular flexibility index (Phi) is 6.19. The van der Waals surface area contributed by atoms with Gasteiger partial charge in [0.25, 0.3) is 5.91 Å². The molecule has 0 bridgehead atoms. The number of carbonyl (C=O) groups excluding carboxylic acids is 2. The van der Waals surface area contributed by atoms with Crippen LogP contribution in [0.2, 0.25) is 0 Å². The highest BCUT2D eigenvalue weighted by molar-refractivity contribution is 14.1. The molecule has 1 aromatic rings. The number of carbonyl (C=O) groups is 2. The molecule has 2 rings (SSSR count). The Morgan fingerprint density at radius 3 is 2.64 bits per heavy atom. The molecule has 0 atom stereocenters. The van der Waals surface area contributed by atoms with Gasteiger partial charge in [0.05, 0.1) is 26.1 Å². The zero-order chi connectivity index (χ0) is 16.1. The highest BCUT2D eigenvalue weighted by atomic mass is 127. The molecule has 120 valence electrons. The summed E-state index contributed by atoms with van der Waals surface area (Å²) < 4.78 is 5.94. The fourth-order valence-electron chi connectivity index (χ4n) is 2.79. The number of nitrogens with one attached hydrogen (secondary N) is 2. The third-order valence-corrected chi connectivity index (χ3v) is 4.77. The van der Waals surface area contributed by atoms with Crippen LogP contribution in [0.3, 0.4) is 0 Å². The Morgan fingerprint density at radius 2 is 2.05 bits per heavy atom. The lowest BCUT2D eigenvalue weighted by Crippen LogP contribution is -3.14. The van der Waals surface area contributed by atoms with Crippen molar-refractivity contribution in [2.24, 2.45) is 5.92 Å². The Labute approximate surface area is 144 Å². The fraction of sp³-hybridized carbons (Fsp3) is 0.500. The van der Waals surface area contributed by atoms with Crippen molar-refractivity contribution in [3.8, 4) is 0 Å². The number of esters is 1. The number of benzene rings is 1. The van der Waals surface area contributed by atoms with Crippen LogP contribution in [0.1, 0.15) is 18.4 Å². The van der Waals surface area contributed by atoms with E-state index in [1.165, 1.54) is 12.0 Å². The largest absolute Gasteiger partial charge is 0.469 e. The average molecular weight is 417 g/mol. The minimum atomic E-state index is -0.127. The molecule has 0 unspecified atom stereocenters. The molecule has 0 saturated carbocycles. The van der Waals surface area contributed by atoms with Crippen molar-refractivity contribution in [1.82, 2.24) is 0 Å². The third kappa shape index (κ3) is 4.67. The normalized spacial score (nSPS) is 21.2. The van der Waals surface area contributed by atoms with Crippen molar-refractivity contribution in [2.75, 3.05) is 32.1 Å². The van der Waals surface area contributed by atoms with Crippen molar-refractivity contribution in [1.29, 1.82) is 0 Å². The first-order chi connectivity index (χ1) is 10.5. The summed E-state index contributed by atoms with van der Waals surface area (Å²) in [5, 5.41) is 2.98. The molecule has 22 heavy (non-hydrogen) atoms. The number of methoxy groups -OCH3 is 1. The number of rotatable bonds is 4. The Bertz CT molecular complexity index is 554. The second kappa shape index (κ2) is 7.92. The zero-order valence-corrected chi connectivity index (χ0v) is 15.1. The van der Waals surface area contributed by atoms with Crippen LogP contribution in [0.4, 0.5) is 5.69 Å². The monoisotopic (exact) mass is 417 g/mol. The number of amides is 1. The van der Waals surface area contributed by atoms with Crippen molar-refractivity contribution in [3.63, 3.8) is 0 Å². The van der Waals surface area contributed by atoms with E-state index < -0.39 is 0 Å². The van der Waals surface area contributed by atoms with Gasteiger partial charge in [0.1, 0.15) is 0 Å². The number of piperidine rings is 1. The van der Waals surface area contributed by atoms with Gasteiger partial charge in [-0.25, -0.2) is 0 Å². The van der Waals surface area contributed by atoms with E-state index in [2.05, 4.69) is 27.9 Å². The number of ether oxygens (including phenoxy) is 1. The molecule has 2 N–H and O–H groups in total. The number of halogens is 1. The maximum Gasteiger partial charge on any atom is 0.309 e. The van der Waals surface area contributed by atoms with E-state index in [4.69, 9.17) is 4.74 Å². The molecule has 1 aromatic carbocycles. The number of anilines is 1. The lowest BCUT2D eigenvalue weighted by molar-refractivity contribution is -0.897. The van der Waals surface area contributed by atoms with Crippen LogP contribution in [0, 0.1) is 16.4 Å². The Morgan fingerprint density at radius 1 is 1.36 bits per heavy atom. The van der Waals surface area contributed by atoms with Gasteiger partial charge < -0.3 is 15.0 Å². The fourth-order valence-corrected chi connectivity index (χ4v) is 3.44. The van der Waals surface area contributed by atoms with Crippen molar-refractivity contribution < 1.29 is 19.2 Å². The van der Waals surface area contributed by atoms with E-state index in [9.17, 15) is 9.59 Å². The van der Waals surface area contributed by atoms with E-state index in [0.717, 1.165) is 40.8 Å². The van der Waals surface area contributed by atoms with E-state index in [1.807, 2.05) is 25.1 Å². The number of hydrogen-bond donors (Lipinski definition) is 2. The minimum Gasteiger partial charge on any atom is -0.469 e. The molecule has 0 aliphatic carbocycles. The molecule has 0 radical (unpaired) electrons. The summed E-state index contributed by atoms with van der Waals surface area (Å²) in [6, 6.07) is 5.97. The Balaban J connectivity index is 1.82. The molecule has 1 saturated heterocycles. The molecule has 0 spiro atoms. The first-order valence-electron chi connectivity index (χ1n) is 7.47. The lowest BCUT2D eigenvalue weighted by atomic mass is 9.97. The van der Waals surface area contributed by atoms with Gasteiger partial charge in [-0.2, -0.15) is 0 Å². The van der Waals surface area contributed by atoms with Gasteiger partial charge in [-0.3, -0.25) is 9.59 Å². The van der Waals surface area contributed by atoms with E-state index >= 15 is 0 Å². The van der Waals surface area contributed by atoms with Crippen LogP contribution in [0.25, 0.3) is 0 Å². The molecule has 5 nitrogen and oxygen atoms in total. The van der Waals surface area contributed by atoms with E-state index in [0.29, 0.717) is 6.54 Å². The van der Waals surface area contributed by atoms with Gasteiger partial charge >= 0.3 is 5.97 Å². The van der Waals surface area contributed by atoms with Crippen LogP contribution in [-0.4, -0.2) is 38.6 Å². The maximum absolute atomic E-state index is 12.2. The molecule has 6 heteroatoms. The van der Waals surface area contributed by atoms with Crippen molar-refractivity contribution >= 4 is 40.2 Å². The predicted octanol–water partition coefficient (Wildman–Crippen LogP) is 1.01. The summed E-state index contributed by atoms with van der Waals surface area (Å²) in [6.07, 6.45) is 1.58. The summed E-state index contributed by atoms with van der Waals surface area (Å²) in [7, 11) is 1.43. The van der Waals surface area contributed by atoms with Crippen LogP contribution < -0.4 is 10.2 Å². The van der Waals surface area contributed by atoms with Crippen molar-refractivity contribution in [3.05, 3.63) is 27.3 Å². The molecule has 1 aliphatic rings. The summed E-state index contributed by atoms with van der Waals surface area (Å²) >= 11 is 2.26. The molecule has 1 amide bonds. The zero-order valence-electron chi connectivity index (χ0n) is 12.9. The second-order valence-electron chi connectivity index (χ2n) is 5.73. The highest BCUT2D eigenvalue weighted by Crippen LogP contribution is 2.17. The molecular weight excluding hydrogens is 395 g/mol. The van der Waals surface area contributed by atoms with Gasteiger partial charge in [-0.1, -0.05) is 0 Å². The first-order valence-corrected chi connectivity index (χ1v) is 8.55. The van der Waals surface area contributed by atoms with Crippen LogP contribution in [-0.2, 0) is 14.3 Å². The molecular formula is C16H22IN2O3+. The van der Waals surface area contributed by atoms with Gasteiger partial charge in [0.2, 0.25) is 0 Å². The van der Waals surface area contributed by atoms with Gasteiger partial charge in [-0.05, 0) is 53.3 Å². The quantitative estimate of drug-likeness (QED) is 0.568. The molecule has 0 aromatic heterocycles. The summed E-state index contributed by atoms with van der Waals surface area (Å²) in [5.41, 5.74) is 1.94. The first kappa shape index (κ1) is 17.2. The maximum atomic E-state index is 12.2. The number of hydrogen-bond acceptors (Lipinski definition) is 3. The van der Waals surface area contributed by atoms with Crippen LogP contribution in [0.15, 0.2) is 18.2 Å². The summed E-state index contributed by atoms with van der Waals surface area (Å²) in [5.74, 6) is -0.107. The smallest absolute Gasteiger partial charge is 0.309 e. The third-order valence-electron chi connectivity index (χ3n) is 4.10. The summed E-state index contributed by atoms with van der Waals surface area (Å²) in [6.45, 7) is 4.10. The van der Waals surface area contributed by atoms with Crippen molar-refractivity contribution in [2.45, 2.75) is 19.8 Å². The second-order valence-corrected chi connectivity index (χ2v) is 6.98. The highest BCUT2D eigenvalue weighted by Gasteiger charge is 2.29. The van der Waals surface area contributed by atoms with E-state index in [-0.39, 0.29) is 17.8 Å². The standard InChI is InChI=1S/C16H21IN2O3/c1-11-9-13(17)3-4-14(11)18-15(20)10-19-7-5-12(6-8-19)16(21)22-2/h3-4,9,12H,5-8,10H2,1-2H3,(H,18,20)/p+1. The van der Waals surface area contributed by atoms with Crippen LogP contribution >= 0.6 is 22.6 Å². The minimum absolute atomic E-state index is 0.00439. The number of aryl methyl sites for hydroxylation is 1. The topological polar surface area (TPSA) is 59.8 Å². The van der Waals surface area contributed by atoms with E-state index in [1.54, 1.807) is 0 Å². The van der Waals surface area contributed by atoms with Gasteiger partial charge in [-0.15, -0.1) is 0 Å². The molecule has 1 aliphatic heterocycles. The van der Waals surface area contributed by atoms with Gasteiger partial charge in [0.15, 0.2) is 6.54 Å².